The molecule has 0 aliphatic carbocycles. The van der Waals surface area contributed by atoms with Crippen LogP contribution < -0.4 is 24.8 Å². The summed E-state index contributed by atoms with van der Waals surface area (Å²) < 4.78 is 16.7. The van der Waals surface area contributed by atoms with E-state index >= 15 is 0 Å². The Bertz CT molecular complexity index is 645. The molecule has 29 heavy (non-hydrogen) atoms. The number of aliphatic imine (C=N–C) groups is 1. The highest BCUT2D eigenvalue weighted by atomic mass is 16.5. The predicted molar refractivity (Wildman–Crippen MR) is 118 cm³/mol. The smallest absolute Gasteiger partial charge is 0.203 e. The summed E-state index contributed by atoms with van der Waals surface area (Å²) in [4.78, 5) is 6.94. The van der Waals surface area contributed by atoms with Gasteiger partial charge in [0.1, 0.15) is 0 Å². The van der Waals surface area contributed by atoms with E-state index in [9.17, 15) is 0 Å². The van der Waals surface area contributed by atoms with E-state index in [2.05, 4.69) is 34.4 Å². The molecule has 0 bridgehead atoms. The van der Waals surface area contributed by atoms with Crippen molar-refractivity contribution in [2.45, 2.75) is 52.1 Å². The molecule has 0 saturated carbocycles. The van der Waals surface area contributed by atoms with Crippen LogP contribution in [0.15, 0.2) is 17.1 Å². The van der Waals surface area contributed by atoms with E-state index in [4.69, 9.17) is 14.2 Å². The van der Waals surface area contributed by atoms with Crippen LogP contribution in [-0.2, 0) is 6.54 Å². The third kappa shape index (κ3) is 6.42. The quantitative estimate of drug-likeness (QED) is 0.485. The van der Waals surface area contributed by atoms with Gasteiger partial charge in [0, 0.05) is 25.7 Å². The van der Waals surface area contributed by atoms with E-state index in [0.29, 0.717) is 30.4 Å². The van der Waals surface area contributed by atoms with Gasteiger partial charge in [0.15, 0.2) is 17.5 Å². The Hall–Kier alpha value is -2.15. The molecule has 0 unspecified atom stereocenters. The topological polar surface area (TPSA) is 67.4 Å². The number of rotatable bonds is 9. The van der Waals surface area contributed by atoms with Gasteiger partial charge >= 0.3 is 0 Å². The lowest BCUT2D eigenvalue weighted by molar-refractivity contribution is 0.0982. The third-order valence-electron chi connectivity index (χ3n) is 5.39. The van der Waals surface area contributed by atoms with Crippen molar-refractivity contribution < 1.29 is 14.2 Å². The third-order valence-corrected chi connectivity index (χ3v) is 5.39. The number of ether oxygens (including phenoxy) is 3. The second-order valence-corrected chi connectivity index (χ2v) is 7.90. The van der Waals surface area contributed by atoms with Gasteiger partial charge in [-0.1, -0.05) is 6.42 Å². The lowest BCUT2D eigenvalue weighted by Gasteiger charge is -2.41. The summed E-state index contributed by atoms with van der Waals surface area (Å²) in [7, 11) is 5.07. The van der Waals surface area contributed by atoms with E-state index in [-0.39, 0.29) is 5.54 Å². The molecule has 7 nitrogen and oxygen atoms in total. The van der Waals surface area contributed by atoms with Crippen molar-refractivity contribution in [3.8, 4) is 17.2 Å². The fourth-order valence-corrected chi connectivity index (χ4v) is 3.64. The van der Waals surface area contributed by atoms with E-state index in [1.54, 1.807) is 21.3 Å². The number of likely N-dealkylation sites (tertiary alicyclic amines) is 1. The van der Waals surface area contributed by atoms with Crippen LogP contribution in [0.1, 0.15) is 45.6 Å². The van der Waals surface area contributed by atoms with Crippen molar-refractivity contribution in [1.29, 1.82) is 0 Å². The SMILES string of the molecule is CCOc1c(OC)cc(CNC(=NC)NCC(C)(C)N2CCCCC2)cc1OC. The van der Waals surface area contributed by atoms with Crippen LogP contribution in [0.4, 0.5) is 0 Å². The maximum atomic E-state index is 5.67. The first-order valence-electron chi connectivity index (χ1n) is 10.5. The van der Waals surface area contributed by atoms with Crippen LogP contribution in [0, 0.1) is 0 Å². The maximum Gasteiger partial charge on any atom is 0.203 e. The molecule has 0 radical (unpaired) electrons. The molecule has 2 N–H and O–H groups in total. The van der Waals surface area contributed by atoms with Crippen molar-refractivity contribution in [3.05, 3.63) is 17.7 Å². The lowest BCUT2D eigenvalue weighted by atomic mass is 9.98. The molecule has 1 aromatic carbocycles. The van der Waals surface area contributed by atoms with Gasteiger partial charge in [0.2, 0.25) is 5.75 Å². The molecule has 1 saturated heterocycles. The van der Waals surface area contributed by atoms with Crippen molar-refractivity contribution >= 4 is 5.96 Å². The predicted octanol–water partition coefficient (Wildman–Crippen LogP) is 3.03. The fraction of sp³-hybridized carbons (Fsp3) is 0.682. The van der Waals surface area contributed by atoms with Gasteiger partial charge in [-0.25, -0.2) is 0 Å². The van der Waals surface area contributed by atoms with Crippen LogP contribution in [0.25, 0.3) is 0 Å². The van der Waals surface area contributed by atoms with Crippen molar-refractivity contribution in [3.63, 3.8) is 0 Å². The molecule has 7 heteroatoms. The highest BCUT2D eigenvalue weighted by molar-refractivity contribution is 5.79. The fourth-order valence-electron chi connectivity index (χ4n) is 3.64. The van der Waals surface area contributed by atoms with Gasteiger partial charge in [-0.3, -0.25) is 9.89 Å². The van der Waals surface area contributed by atoms with E-state index in [0.717, 1.165) is 18.1 Å². The van der Waals surface area contributed by atoms with Crippen LogP contribution in [0.3, 0.4) is 0 Å². The number of hydrogen-bond donors (Lipinski definition) is 2. The van der Waals surface area contributed by atoms with Gasteiger partial charge in [0.25, 0.3) is 0 Å². The normalized spacial score (nSPS) is 15.7. The molecule has 1 aliphatic heterocycles. The van der Waals surface area contributed by atoms with Gasteiger partial charge < -0.3 is 24.8 Å². The zero-order chi connectivity index (χ0) is 21.3. The number of guanidine groups is 1. The van der Waals surface area contributed by atoms with Crippen LogP contribution in [0.5, 0.6) is 17.2 Å². The summed E-state index contributed by atoms with van der Waals surface area (Å²) >= 11 is 0. The van der Waals surface area contributed by atoms with Gasteiger partial charge in [-0.05, 0) is 64.4 Å². The Balaban J connectivity index is 1.98. The zero-order valence-electron chi connectivity index (χ0n) is 18.9. The molecule has 1 fully saturated rings. The molecule has 164 valence electrons. The summed E-state index contributed by atoms with van der Waals surface area (Å²) in [5, 5.41) is 6.86. The number of benzene rings is 1. The lowest BCUT2D eigenvalue weighted by Crippen LogP contribution is -2.54. The summed E-state index contributed by atoms with van der Waals surface area (Å²) in [5.41, 5.74) is 1.12. The first kappa shape index (κ1) is 23.1. The number of nitrogens with zero attached hydrogens (tertiary/aromatic N) is 2. The minimum Gasteiger partial charge on any atom is -0.493 e. The molecule has 0 amide bonds. The molecule has 0 spiro atoms. The number of methoxy groups -OCH3 is 2. The molecular weight excluding hydrogens is 368 g/mol. The van der Waals surface area contributed by atoms with Crippen molar-refractivity contribution in [1.82, 2.24) is 15.5 Å². The monoisotopic (exact) mass is 406 g/mol. The highest BCUT2D eigenvalue weighted by Gasteiger charge is 2.27. The number of hydrogen-bond acceptors (Lipinski definition) is 5. The Morgan fingerprint density at radius 3 is 2.21 bits per heavy atom. The van der Waals surface area contributed by atoms with Crippen molar-refractivity contribution in [2.75, 3.05) is 47.5 Å². The molecule has 1 aliphatic rings. The molecule has 0 aromatic heterocycles. The Labute approximate surface area is 175 Å². The summed E-state index contributed by atoms with van der Waals surface area (Å²) in [6.45, 7) is 10.9. The van der Waals surface area contributed by atoms with Gasteiger partial charge in [0.05, 0.1) is 20.8 Å². The standard InChI is InChI=1S/C22H38N4O3/c1-7-29-20-18(27-5)13-17(14-19(20)28-6)15-24-21(23-4)25-16-22(2,3)26-11-9-8-10-12-26/h13-14H,7-12,15-16H2,1-6H3,(H2,23,24,25). The summed E-state index contributed by atoms with van der Waals surface area (Å²) in [5.74, 6) is 2.74. The van der Waals surface area contributed by atoms with Crippen LogP contribution in [-0.4, -0.2) is 63.9 Å². The minimum absolute atomic E-state index is 0.0869. The van der Waals surface area contributed by atoms with E-state index in [1.807, 2.05) is 19.1 Å². The van der Waals surface area contributed by atoms with E-state index < -0.39 is 0 Å². The highest BCUT2D eigenvalue weighted by Crippen LogP contribution is 2.38. The zero-order valence-corrected chi connectivity index (χ0v) is 18.9. The molecule has 0 atom stereocenters. The molecule has 1 aromatic rings. The van der Waals surface area contributed by atoms with Crippen LogP contribution in [0.2, 0.25) is 0 Å². The summed E-state index contributed by atoms with van der Waals surface area (Å²) in [6.07, 6.45) is 3.92. The number of nitrogens with one attached hydrogen (secondary N) is 2. The van der Waals surface area contributed by atoms with Gasteiger partial charge in [-0.15, -0.1) is 0 Å². The average molecular weight is 407 g/mol. The van der Waals surface area contributed by atoms with Gasteiger partial charge in [-0.2, -0.15) is 0 Å². The first-order valence-corrected chi connectivity index (χ1v) is 10.5. The van der Waals surface area contributed by atoms with Crippen LogP contribution >= 0.6 is 0 Å². The number of piperidine rings is 1. The maximum absolute atomic E-state index is 5.67. The molecule has 1 heterocycles. The van der Waals surface area contributed by atoms with Crippen molar-refractivity contribution in [2.24, 2.45) is 4.99 Å². The Kier molecular flexibility index (Phi) is 8.89. The second-order valence-electron chi connectivity index (χ2n) is 7.90. The van der Waals surface area contributed by atoms with E-state index in [1.165, 1.54) is 32.4 Å². The minimum atomic E-state index is 0.0869. The Morgan fingerprint density at radius 1 is 1.07 bits per heavy atom. The summed E-state index contributed by atoms with van der Waals surface area (Å²) in [6, 6.07) is 3.93. The molecule has 2 rings (SSSR count). The second kappa shape index (κ2) is 11.1. The first-order chi connectivity index (χ1) is 13.9. The molecular formula is C22H38N4O3. The average Bonchev–Trinajstić information content (AvgIpc) is 2.75. The largest absolute Gasteiger partial charge is 0.493 e. The Morgan fingerprint density at radius 2 is 1.69 bits per heavy atom.